The summed E-state index contributed by atoms with van der Waals surface area (Å²) in [6, 6.07) is 3.06. The highest BCUT2D eigenvalue weighted by Gasteiger charge is 2.26. The van der Waals surface area contributed by atoms with Gasteiger partial charge in [-0.05, 0) is 12.1 Å². The van der Waals surface area contributed by atoms with Crippen LogP contribution in [0.2, 0.25) is 0 Å². The molecule has 0 aromatic carbocycles. The van der Waals surface area contributed by atoms with Gasteiger partial charge in [0.05, 0.1) is 18.3 Å². The smallest absolute Gasteiger partial charge is 0.387 e. The highest BCUT2D eigenvalue weighted by atomic mass is 19.4. The lowest BCUT2D eigenvalue weighted by Crippen LogP contribution is -2.28. The molecule has 1 amide bonds. The van der Waals surface area contributed by atoms with Gasteiger partial charge in [0.2, 0.25) is 0 Å². The van der Waals surface area contributed by atoms with Crippen molar-refractivity contribution in [1.82, 2.24) is 10.3 Å². The molecule has 0 saturated carbocycles. The Hall–Kier alpha value is -1.79. The fourth-order valence-electron chi connectivity index (χ4n) is 1.08. The number of pyridine rings is 1. The molecule has 0 radical (unpaired) electrons. The van der Waals surface area contributed by atoms with Crippen molar-refractivity contribution in [2.45, 2.75) is 12.6 Å². The van der Waals surface area contributed by atoms with E-state index in [1.54, 1.807) is 13.1 Å². The molecule has 1 aromatic rings. The maximum absolute atomic E-state index is 11.8. The lowest BCUT2D eigenvalue weighted by molar-refractivity contribution is -0.132. The van der Waals surface area contributed by atoms with Crippen LogP contribution >= 0.6 is 0 Å². The Labute approximate surface area is 96.2 Å². The Bertz CT molecular complexity index is 375. The van der Waals surface area contributed by atoms with E-state index in [9.17, 15) is 18.0 Å². The molecule has 0 bridgehead atoms. The SMILES string of the molecule is CNc1ccc(C(=O)NCCC(F)(F)F)nc1. The summed E-state index contributed by atoms with van der Waals surface area (Å²) < 4.78 is 35.5. The van der Waals surface area contributed by atoms with E-state index in [4.69, 9.17) is 0 Å². The van der Waals surface area contributed by atoms with Crippen LogP contribution in [-0.4, -0.2) is 30.7 Å². The highest BCUT2D eigenvalue weighted by Crippen LogP contribution is 2.18. The number of nitrogens with one attached hydrogen (secondary N) is 2. The van der Waals surface area contributed by atoms with Gasteiger partial charge < -0.3 is 10.6 Å². The number of anilines is 1. The van der Waals surface area contributed by atoms with Gasteiger partial charge in [-0.15, -0.1) is 0 Å². The number of halogens is 3. The number of hydrogen-bond donors (Lipinski definition) is 2. The third-order valence-electron chi connectivity index (χ3n) is 1.98. The van der Waals surface area contributed by atoms with Crippen LogP contribution in [0.15, 0.2) is 18.3 Å². The van der Waals surface area contributed by atoms with E-state index < -0.39 is 25.0 Å². The number of carbonyl (C=O) groups excluding carboxylic acids is 1. The Balaban J connectivity index is 2.47. The van der Waals surface area contributed by atoms with Crippen molar-refractivity contribution in [1.29, 1.82) is 0 Å². The first-order valence-electron chi connectivity index (χ1n) is 4.91. The summed E-state index contributed by atoms with van der Waals surface area (Å²) >= 11 is 0. The van der Waals surface area contributed by atoms with E-state index in [2.05, 4.69) is 15.6 Å². The van der Waals surface area contributed by atoms with Crippen molar-refractivity contribution in [3.63, 3.8) is 0 Å². The maximum atomic E-state index is 11.8. The molecule has 0 aliphatic rings. The molecule has 1 aromatic heterocycles. The molecule has 1 rings (SSSR count). The molecule has 0 aliphatic heterocycles. The Kier molecular flexibility index (Phi) is 4.30. The summed E-state index contributed by atoms with van der Waals surface area (Å²) in [5.41, 5.74) is 0.808. The summed E-state index contributed by atoms with van der Waals surface area (Å²) in [4.78, 5) is 15.2. The van der Waals surface area contributed by atoms with Gasteiger partial charge in [0.25, 0.3) is 5.91 Å². The van der Waals surface area contributed by atoms with E-state index in [0.29, 0.717) is 0 Å². The minimum absolute atomic E-state index is 0.0891. The van der Waals surface area contributed by atoms with Crippen LogP contribution in [-0.2, 0) is 0 Å². The normalized spacial score (nSPS) is 11.1. The monoisotopic (exact) mass is 247 g/mol. The molecule has 0 fully saturated rings. The van der Waals surface area contributed by atoms with Gasteiger partial charge in [0, 0.05) is 13.6 Å². The van der Waals surface area contributed by atoms with Crippen LogP contribution in [0.5, 0.6) is 0 Å². The molecule has 0 atom stereocenters. The standard InChI is InChI=1S/C10H12F3N3O/c1-14-7-2-3-8(16-6-7)9(17)15-5-4-10(11,12)13/h2-3,6,14H,4-5H2,1H3,(H,15,17). The third-order valence-corrected chi connectivity index (χ3v) is 1.98. The number of nitrogens with zero attached hydrogens (tertiary/aromatic N) is 1. The van der Waals surface area contributed by atoms with Gasteiger partial charge in [0.1, 0.15) is 5.69 Å². The minimum Gasteiger partial charge on any atom is -0.387 e. The number of amides is 1. The first-order chi connectivity index (χ1) is 7.92. The first kappa shape index (κ1) is 13.3. The van der Waals surface area contributed by atoms with Crippen molar-refractivity contribution < 1.29 is 18.0 Å². The Morgan fingerprint density at radius 3 is 2.59 bits per heavy atom. The molecule has 94 valence electrons. The Morgan fingerprint density at radius 2 is 2.12 bits per heavy atom. The lowest BCUT2D eigenvalue weighted by atomic mass is 10.3. The van der Waals surface area contributed by atoms with Crippen LogP contribution < -0.4 is 10.6 Å². The van der Waals surface area contributed by atoms with Crippen molar-refractivity contribution in [2.75, 3.05) is 18.9 Å². The summed E-state index contributed by atoms with van der Waals surface area (Å²) in [7, 11) is 1.69. The molecule has 17 heavy (non-hydrogen) atoms. The fourth-order valence-corrected chi connectivity index (χ4v) is 1.08. The van der Waals surface area contributed by atoms with E-state index in [-0.39, 0.29) is 5.69 Å². The van der Waals surface area contributed by atoms with Gasteiger partial charge in [-0.3, -0.25) is 4.79 Å². The predicted molar refractivity (Wildman–Crippen MR) is 56.8 cm³/mol. The number of aromatic nitrogens is 1. The molecular formula is C10H12F3N3O. The zero-order valence-electron chi connectivity index (χ0n) is 9.14. The molecule has 4 nitrogen and oxygen atoms in total. The van der Waals surface area contributed by atoms with Crippen molar-refractivity contribution in [3.05, 3.63) is 24.0 Å². The van der Waals surface area contributed by atoms with Crippen LogP contribution in [0.4, 0.5) is 18.9 Å². The molecule has 7 heteroatoms. The van der Waals surface area contributed by atoms with Crippen LogP contribution in [0.1, 0.15) is 16.9 Å². The first-order valence-corrected chi connectivity index (χ1v) is 4.91. The molecule has 2 N–H and O–H groups in total. The summed E-state index contributed by atoms with van der Waals surface area (Å²) in [5.74, 6) is -0.614. The number of hydrogen-bond acceptors (Lipinski definition) is 3. The van der Waals surface area contributed by atoms with E-state index in [1.807, 2.05) is 0 Å². The minimum atomic E-state index is -4.27. The average Bonchev–Trinajstić information content (AvgIpc) is 2.27. The predicted octanol–water partition coefficient (Wildman–Crippen LogP) is 1.81. The lowest BCUT2D eigenvalue weighted by Gasteiger charge is -2.07. The van der Waals surface area contributed by atoms with Crippen molar-refractivity contribution >= 4 is 11.6 Å². The van der Waals surface area contributed by atoms with Gasteiger partial charge in [-0.1, -0.05) is 0 Å². The number of alkyl halides is 3. The van der Waals surface area contributed by atoms with Gasteiger partial charge >= 0.3 is 6.18 Å². The van der Waals surface area contributed by atoms with Crippen molar-refractivity contribution in [3.8, 4) is 0 Å². The van der Waals surface area contributed by atoms with E-state index in [1.165, 1.54) is 12.3 Å². The third kappa shape index (κ3) is 4.71. The summed E-state index contributed by atoms with van der Waals surface area (Å²) in [6.07, 6.45) is -3.89. The topological polar surface area (TPSA) is 54.0 Å². The van der Waals surface area contributed by atoms with Gasteiger partial charge in [-0.25, -0.2) is 4.98 Å². The van der Waals surface area contributed by atoms with Gasteiger partial charge in [-0.2, -0.15) is 13.2 Å². The van der Waals surface area contributed by atoms with E-state index >= 15 is 0 Å². The van der Waals surface area contributed by atoms with Gasteiger partial charge in [0.15, 0.2) is 0 Å². The fraction of sp³-hybridized carbons (Fsp3) is 0.400. The van der Waals surface area contributed by atoms with Crippen LogP contribution in [0, 0.1) is 0 Å². The largest absolute Gasteiger partial charge is 0.390 e. The summed E-state index contributed by atoms with van der Waals surface area (Å²) in [5, 5.41) is 4.96. The number of rotatable bonds is 4. The maximum Gasteiger partial charge on any atom is 0.390 e. The number of carbonyl (C=O) groups is 1. The van der Waals surface area contributed by atoms with E-state index in [0.717, 1.165) is 5.69 Å². The van der Waals surface area contributed by atoms with Crippen molar-refractivity contribution in [2.24, 2.45) is 0 Å². The zero-order valence-corrected chi connectivity index (χ0v) is 9.14. The van der Waals surface area contributed by atoms with Crippen LogP contribution in [0.3, 0.4) is 0 Å². The molecule has 0 unspecified atom stereocenters. The molecule has 0 spiro atoms. The highest BCUT2D eigenvalue weighted by molar-refractivity contribution is 5.92. The summed E-state index contributed by atoms with van der Waals surface area (Å²) in [6.45, 7) is -0.447. The molecule has 1 heterocycles. The quantitative estimate of drug-likeness (QED) is 0.853. The zero-order chi connectivity index (χ0) is 12.9. The second kappa shape index (κ2) is 5.51. The molecular weight excluding hydrogens is 235 g/mol. The van der Waals surface area contributed by atoms with Crippen LogP contribution in [0.25, 0.3) is 0 Å². The average molecular weight is 247 g/mol. The molecule has 0 aliphatic carbocycles. The molecule has 0 saturated heterocycles. The second-order valence-corrected chi connectivity index (χ2v) is 3.30. The Morgan fingerprint density at radius 1 is 1.41 bits per heavy atom. The second-order valence-electron chi connectivity index (χ2n) is 3.30.